The molecule has 6 heteroatoms. The number of hydrogen-bond acceptors (Lipinski definition) is 4. The van der Waals surface area contributed by atoms with E-state index in [1.165, 1.54) is 140 Å². The van der Waals surface area contributed by atoms with Gasteiger partial charge in [0, 0.05) is 62.4 Å². The highest BCUT2D eigenvalue weighted by Crippen LogP contribution is 2.72. The fourth-order valence-corrected chi connectivity index (χ4v) is 25.4. The van der Waals surface area contributed by atoms with Gasteiger partial charge in [-0.25, -0.2) is 4.99 Å². The molecule has 19 rings (SSSR count). The van der Waals surface area contributed by atoms with Crippen molar-refractivity contribution in [3.05, 3.63) is 199 Å². The Bertz CT molecular complexity index is 3680. The molecule has 11 aliphatic rings. The summed E-state index contributed by atoms with van der Waals surface area (Å²) in [6.45, 7) is 0.393. The van der Waals surface area contributed by atoms with Crippen molar-refractivity contribution in [2.45, 2.75) is 160 Å². The summed E-state index contributed by atoms with van der Waals surface area (Å²) in [5.74, 6) is 9.65. The average molecular weight is 1100 g/mol. The van der Waals surface area contributed by atoms with Gasteiger partial charge in [0.1, 0.15) is 0 Å². The van der Waals surface area contributed by atoms with Gasteiger partial charge in [-0.2, -0.15) is 11.8 Å². The third-order valence-electron chi connectivity index (χ3n) is 25.7. The van der Waals surface area contributed by atoms with Crippen LogP contribution in [0.1, 0.15) is 119 Å². The van der Waals surface area contributed by atoms with Crippen molar-refractivity contribution in [2.75, 3.05) is 0 Å². The molecule has 4 aliphatic heterocycles. The monoisotopic (exact) mass is 1100 g/mol. The number of nitrogens with zero attached hydrogens (tertiary/aromatic N) is 4. The summed E-state index contributed by atoms with van der Waals surface area (Å²) in [5.41, 5.74) is 13.4. The molecule has 0 N–H and O–H groups in total. The third-order valence-corrected chi connectivity index (χ3v) is 27.6. The van der Waals surface area contributed by atoms with Crippen molar-refractivity contribution in [3.63, 3.8) is 0 Å². The van der Waals surface area contributed by atoms with Crippen LogP contribution in [-0.4, -0.2) is 67.7 Å². The minimum Gasteiger partial charge on any atom is -0.337 e. The minimum absolute atomic E-state index is 0.393. The van der Waals surface area contributed by atoms with Crippen LogP contribution < -0.4 is 5.46 Å². The van der Waals surface area contributed by atoms with Crippen molar-refractivity contribution in [2.24, 2.45) is 52.3 Å². The fourth-order valence-electron chi connectivity index (χ4n) is 23.3. The number of thioether (sulfide) groups is 1. The van der Waals surface area contributed by atoms with Crippen molar-refractivity contribution < 1.29 is 0 Å². The van der Waals surface area contributed by atoms with E-state index < -0.39 is 0 Å². The molecule has 20 unspecified atom stereocenters. The molecule has 416 valence electrons. The molecule has 0 amide bonds. The van der Waals surface area contributed by atoms with Crippen LogP contribution >= 0.6 is 11.8 Å². The summed E-state index contributed by atoms with van der Waals surface area (Å²) in [6.07, 6.45) is 18.9. The van der Waals surface area contributed by atoms with Crippen LogP contribution in [0.2, 0.25) is 11.6 Å². The highest BCUT2D eigenvalue weighted by Gasteiger charge is 2.72. The predicted molar refractivity (Wildman–Crippen MR) is 345 cm³/mol. The van der Waals surface area contributed by atoms with Crippen LogP contribution in [0.25, 0.3) is 44.1 Å². The van der Waals surface area contributed by atoms with Gasteiger partial charge >= 0.3 is 0 Å². The first-order valence-corrected chi connectivity index (χ1v) is 34.3. The Hall–Kier alpha value is -5.98. The molecule has 20 atom stereocenters. The SMILES string of the molecule is c1ccc(-c2cccc(-c3ccccc3)c2B2C3CC(n4c5ccccc5c5ccccc54)CCC3N3C4=NC5C6C(CCC5N4C4CCC5C7CC(c8ccccc8)C(c8ccccc8)CC7C7CC2C3C4C57)SC2CCCCC26)cc1. The molecule has 0 radical (unpaired) electrons. The molecule has 83 heavy (non-hydrogen) atoms. The van der Waals surface area contributed by atoms with Gasteiger partial charge in [0.05, 0.1) is 12.1 Å². The highest BCUT2D eigenvalue weighted by atomic mass is 32.2. The van der Waals surface area contributed by atoms with Crippen LogP contribution in [-0.2, 0) is 0 Å². The van der Waals surface area contributed by atoms with Crippen LogP contribution in [0.15, 0.2) is 193 Å². The molecule has 10 fully saturated rings. The lowest BCUT2D eigenvalue weighted by molar-refractivity contribution is -0.0859. The highest BCUT2D eigenvalue weighted by molar-refractivity contribution is 8.00. The van der Waals surface area contributed by atoms with E-state index in [1.807, 2.05) is 0 Å². The number of para-hydroxylation sites is 2. The molecule has 0 spiro atoms. The van der Waals surface area contributed by atoms with E-state index in [0.29, 0.717) is 72.4 Å². The van der Waals surface area contributed by atoms with E-state index in [1.54, 1.807) is 16.6 Å². The average Bonchev–Trinajstić information content (AvgIpc) is 1.86. The fraction of sp³-hybridized carbons (Fsp3) is 0.442. The Morgan fingerprint density at radius 1 is 0.410 bits per heavy atom. The standard InChI is InChI=1S/C77H79BN4S/c1-5-20-46(21-6-1)51-31-19-32-52(47-22-7-2-8-23-47)74(51)78-62-42-50(80-64-33-16-13-28-53(64)54-29-14-17-34-65(54)80)36-38-66(62)82-76-63(78)45-61-60-44-58(49-26-11-4-12-27-49)57(48-24-9-3-10-25-48)43-59(60)55-37-39-67(73(76)71(55)61)81-68-40-41-70-72(75(68)79-77(81)82)56-30-15-18-35-69(56)83-70/h1-14,16-17,19-29,31-34,50,55-63,66-73,75-76H,15,18,30,35-45H2. The van der Waals surface area contributed by atoms with Crippen molar-refractivity contribution in [1.82, 2.24) is 14.4 Å². The van der Waals surface area contributed by atoms with Gasteiger partial charge in [0.25, 0.3) is 0 Å². The second-order valence-electron chi connectivity index (χ2n) is 28.6. The van der Waals surface area contributed by atoms with Crippen LogP contribution in [0, 0.1) is 47.3 Å². The van der Waals surface area contributed by atoms with E-state index in [9.17, 15) is 0 Å². The zero-order valence-corrected chi connectivity index (χ0v) is 48.9. The predicted octanol–water partition coefficient (Wildman–Crippen LogP) is 17.2. The topological polar surface area (TPSA) is 23.8 Å². The summed E-state index contributed by atoms with van der Waals surface area (Å²) in [4.78, 5) is 13.1. The van der Waals surface area contributed by atoms with Crippen LogP contribution in [0.3, 0.4) is 0 Å². The molecule has 7 aromatic carbocycles. The lowest BCUT2D eigenvalue weighted by Crippen LogP contribution is -2.77. The zero-order chi connectivity index (χ0) is 54.0. The Morgan fingerprint density at radius 2 is 1.00 bits per heavy atom. The van der Waals surface area contributed by atoms with Crippen molar-refractivity contribution >= 4 is 51.7 Å². The van der Waals surface area contributed by atoms with Crippen molar-refractivity contribution in [3.8, 4) is 22.3 Å². The Morgan fingerprint density at radius 3 is 1.67 bits per heavy atom. The van der Waals surface area contributed by atoms with E-state index >= 15 is 0 Å². The summed E-state index contributed by atoms with van der Waals surface area (Å²) in [6, 6.07) is 76.6. The second-order valence-corrected chi connectivity index (χ2v) is 30.1. The number of aliphatic imine (C=N–C) groups is 1. The first-order valence-electron chi connectivity index (χ1n) is 33.3. The number of aromatic nitrogens is 1. The first kappa shape index (κ1) is 49.3. The maximum absolute atomic E-state index is 6.56. The molecule has 8 aromatic rings. The molecular formula is C77H79BN4S. The number of rotatable bonds is 6. The number of fused-ring (bicyclic) bond motifs is 17. The quantitative estimate of drug-likeness (QED) is 0.155. The third kappa shape index (κ3) is 7.23. The largest absolute Gasteiger partial charge is 0.337 e. The minimum atomic E-state index is 0.393. The van der Waals surface area contributed by atoms with Gasteiger partial charge in [0.15, 0.2) is 12.7 Å². The number of guanidine groups is 1. The molecule has 7 aliphatic carbocycles. The first-order chi connectivity index (χ1) is 41.2. The molecule has 4 nitrogen and oxygen atoms in total. The van der Waals surface area contributed by atoms with Crippen LogP contribution in [0.4, 0.5) is 0 Å². The van der Waals surface area contributed by atoms with Gasteiger partial charge in [-0.05, 0) is 181 Å². The summed E-state index contributed by atoms with van der Waals surface area (Å²) in [7, 11) is 0. The number of benzene rings is 7. The molecule has 0 bridgehead atoms. The smallest absolute Gasteiger partial charge is 0.198 e. The van der Waals surface area contributed by atoms with Gasteiger partial charge in [-0.15, -0.1) is 0 Å². The maximum Gasteiger partial charge on any atom is 0.198 e. The second kappa shape index (κ2) is 19.3. The molecule has 5 heterocycles. The lowest BCUT2D eigenvalue weighted by Gasteiger charge is -2.69. The van der Waals surface area contributed by atoms with E-state index in [0.717, 1.165) is 51.9 Å². The lowest BCUT2D eigenvalue weighted by atomic mass is 9.22. The number of hydrogen-bond donors (Lipinski definition) is 0. The summed E-state index contributed by atoms with van der Waals surface area (Å²) >= 11 is 2.45. The summed E-state index contributed by atoms with van der Waals surface area (Å²) < 4.78 is 2.86. The van der Waals surface area contributed by atoms with Gasteiger partial charge in [-0.1, -0.05) is 201 Å². The maximum atomic E-state index is 6.56. The van der Waals surface area contributed by atoms with Crippen molar-refractivity contribution in [1.29, 1.82) is 0 Å². The Labute approximate surface area is 497 Å². The molecular weight excluding hydrogens is 1020 g/mol. The van der Waals surface area contributed by atoms with E-state index in [2.05, 4.69) is 214 Å². The molecule has 7 saturated carbocycles. The van der Waals surface area contributed by atoms with E-state index in [-0.39, 0.29) is 0 Å². The van der Waals surface area contributed by atoms with E-state index in [4.69, 9.17) is 4.99 Å². The normalized spacial score (nSPS) is 37.9. The van der Waals surface area contributed by atoms with Gasteiger partial charge in [-0.3, -0.25) is 0 Å². The Kier molecular flexibility index (Phi) is 11.4. The van der Waals surface area contributed by atoms with Gasteiger partial charge in [0.2, 0.25) is 0 Å². The van der Waals surface area contributed by atoms with Crippen LogP contribution in [0.5, 0.6) is 0 Å². The zero-order valence-electron chi connectivity index (χ0n) is 48.1. The summed E-state index contributed by atoms with van der Waals surface area (Å²) in [5, 5.41) is 4.48. The molecule has 1 aromatic heterocycles. The molecule has 3 saturated heterocycles. The Balaban J connectivity index is 0.835. The van der Waals surface area contributed by atoms with Gasteiger partial charge < -0.3 is 14.4 Å².